The number of halogens is 2. The van der Waals surface area contributed by atoms with Crippen molar-refractivity contribution in [2.24, 2.45) is 0 Å². The number of phenols is 1. The summed E-state index contributed by atoms with van der Waals surface area (Å²) in [4.78, 5) is 2.36. The molecule has 0 aromatic heterocycles. The van der Waals surface area contributed by atoms with Crippen LogP contribution in [0.3, 0.4) is 0 Å². The number of methoxy groups -OCH3 is 1. The Bertz CT molecular complexity index is 878. The number of nitrogens with one attached hydrogen (secondary N) is 1. The van der Waals surface area contributed by atoms with Crippen LogP contribution in [0.1, 0.15) is 5.56 Å². The van der Waals surface area contributed by atoms with Crippen molar-refractivity contribution in [3.05, 3.63) is 75.2 Å². The highest BCUT2D eigenvalue weighted by Gasteiger charge is 2.08. The number of aromatic hydroxyl groups is 1. The summed E-state index contributed by atoms with van der Waals surface area (Å²) in [6.45, 7) is 0.684. The zero-order chi connectivity index (χ0) is 18.5. The summed E-state index contributed by atoms with van der Waals surface area (Å²) in [6, 6.07) is 20.1. The lowest BCUT2D eigenvalue weighted by Crippen LogP contribution is -2.01. The van der Waals surface area contributed by atoms with Crippen LogP contribution in [-0.4, -0.2) is 12.2 Å². The van der Waals surface area contributed by atoms with E-state index in [1.807, 2.05) is 36.4 Å². The molecule has 0 saturated carbocycles. The van der Waals surface area contributed by atoms with Crippen LogP contribution in [0.2, 0.25) is 0 Å². The lowest BCUT2D eigenvalue weighted by atomic mass is 10.2. The summed E-state index contributed by atoms with van der Waals surface area (Å²) in [7, 11) is 1.67. The van der Waals surface area contributed by atoms with Crippen LogP contribution in [0.5, 0.6) is 11.5 Å². The fraction of sp³-hybridized carbons (Fsp3) is 0.100. The van der Waals surface area contributed by atoms with Gasteiger partial charge in [0.2, 0.25) is 0 Å². The van der Waals surface area contributed by atoms with Gasteiger partial charge in [-0.1, -0.05) is 30.0 Å². The van der Waals surface area contributed by atoms with Crippen molar-refractivity contribution in [1.29, 1.82) is 0 Å². The Hall–Kier alpha value is -1.63. The summed E-state index contributed by atoms with van der Waals surface area (Å²) >= 11 is 8.44. The molecule has 0 heterocycles. The summed E-state index contributed by atoms with van der Waals surface area (Å²) in [5.74, 6) is 1.05. The van der Waals surface area contributed by atoms with Crippen molar-refractivity contribution >= 4 is 49.3 Å². The van der Waals surface area contributed by atoms with Crippen molar-refractivity contribution in [2.45, 2.75) is 16.3 Å². The van der Waals surface area contributed by atoms with Crippen molar-refractivity contribution in [3.63, 3.8) is 0 Å². The molecule has 0 aliphatic carbocycles. The molecule has 0 radical (unpaired) electrons. The third kappa shape index (κ3) is 4.75. The van der Waals surface area contributed by atoms with E-state index in [4.69, 9.17) is 4.74 Å². The smallest absolute Gasteiger partial charge is 0.144 e. The topological polar surface area (TPSA) is 41.5 Å². The van der Waals surface area contributed by atoms with Crippen LogP contribution in [0, 0.1) is 0 Å². The Kier molecular flexibility index (Phi) is 6.51. The van der Waals surface area contributed by atoms with Crippen molar-refractivity contribution in [2.75, 3.05) is 12.4 Å². The second-order valence-corrected chi connectivity index (χ2v) is 8.35. The molecule has 0 fully saturated rings. The van der Waals surface area contributed by atoms with Crippen molar-refractivity contribution < 1.29 is 9.84 Å². The van der Waals surface area contributed by atoms with Crippen molar-refractivity contribution in [3.8, 4) is 11.5 Å². The first-order valence-corrected chi connectivity index (χ1v) is 10.3. The maximum Gasteiger partial charge on any atom is 0.144 e. The molecule has 0 aliphatic rings. The number of anilines is 1. The van der Waals surface area contributed by atoms with Crippen LogP contribution in [-0.2, 0) is 6.54 Å². The fourth-order valence-corrected chi connectivity index (χ4v) is 4.52. The maximum atomic E-state index is 9.83. The molecule has 0 amide bonds. The van der Waals surface area contributed by atoms with Gasteiger partial charge in [0.25, 0.3) is 0 Å². The highest BCUT2D eigenvalue weighted by atomic mass is 79.9. The quantitative estimate of drug-likeness (QED) is 0.374. The average molecular weight is 495 g/mol. The van der Waals surface area contributed by atoms with Crippen molar-refractivity contribution in [1.82, 2.24) is 0 Å². The molecule has 3 nitrogen and oxygen atoms in total. The number of phenolic OH excluding ortho intramolecular Hbond substituents is 1. The lowest BCUT2D eigenvalue weighted by molar-refractivity contribution is 0.414. The van der Waals surface area contributed by atoms with E-state index >= 15 is 0 Å². The van der Waals surface area contributed by atoms with Crippen LogP contribution >= 0.6 is 43.6 Å². The van der Waals surface area contributed by atoms with Crippen LogP contribution in [0.25, 0.3) is 0 Å². The van der Waals surface area contributed by atoms with E-state index in [9.17, 15) is 5.11 Å². The number of hydrogen-bond donors (Lipinski definition) is 2. The molecule has 6 heteroatoms. The van der Waals surface area contributed by atoms with Gasteiger partial charge < -0.3 is 15.2 Å². The standard InChI is InChI=1S/C20H17Br2NO2S/c1-25-15-6-8-16(9-7-15)26-19-5-3-2-4-13(19)12-23-14-10-17(21)20(24)18(22)11-14/h2-11,23-24H,12H2,1H3. The zero-order valence-corrected chi connectivity index (χ0v) is 18.0. The number of rotatable bonds is 6. The van der Waals surface area contributed by atoms with E-state index in [0.717, 1.165) is 16.3 Å². The zero-order valence-electron chi connectivity index (χ0n) is 14.0. The Morgan fingerprint density at radius 2 is 1.65 bits per heavy atom. The molecule has 0 unspecified atom stereocenters. The molecule has 0 saturated heterocycles. The van der Waals surface area contributed by atoms with E-state index in [-0.39, 0.29) is 5.75 Å². The van der Waals surface area contributed by atoms with Crippen LogP contribution < -0.4 is 10.1 Å². The summed E-state index contributed by atoms with van der Waals surface area (Å²) < 4.78 is 6.51. The first kappa shape index (κ1) is 19.1. The summed E-state index contributed by atoms with van der Waals surface area (Å²) in [6.07, 6.45) is 0. The predicted molar refractivity (Wildman–Crippen MR) is 114 cm³/mol. The molecule has 0 aliphatic heterocycles. The van der Waals surface area contributed by atoms with Gasteiger partial charge in [-0.3, -0.25) is 0 Å². The number of benzene rings is 3. The molecule has 26 heavy (non-hydrogen) atoms. The molecular formula is C20H17Br2NO2S. The normalized spacial score (nSPS) is 10.6. The second kappa shape index (κ2) is 8.84. The van der Waals surface area contributed by atoms with Gasteiger partial charge in [-0.15, -0.1) is 0 Å². The first-order chi connectivity index (χ1) is 12.6. The molecule has 3 aromatic carbocycles. The Morgan fingerprint density at radius 1 is 1.00 bits per heavy atom. The third-order valence-electron chi connectivity index (χ3n) is 3.76. The Labute approximate surface area is 174 Å². The van der Waals surface area contributed by atoms with Gasteiger partial charge in [-0.2, -0.15) is 0 Å². The molecule has 134 valence electrons. The molecular weight excluding hydrogens is 478 g/mol. The van der Waals surface area contributed by atoms with E-state index in [0.29, 0.717) is 15.5 Å². The van der Waals surface area contributed by atoms with E-state index in [2.05, 4.69) is 61.4 Å². The van der Waals surface area contributed by atoms with Crippen LogP contribution in [0.15, 0.2) is 79.4 Å². The summed E-state index contributed by atoms with van der Waals surface area (Å²) in [5.41, 5.74) is 2.12. The maximum absolute atomic E-state index is 9.83. The van der Waals surface area contributed by atoms with E-state index in [1.54, 1.807) is 18.9 Å². The molecule has 3 rings (SSSR count). The van der Waals surface area contributed by atoms with E-state index < -0.39 is 0 Å². The fourth-order valence-electron chi connectivity index (χ4n) is 2.39. The highest BCUT2D eigenvalue weighted by Crippen LogP contribution is 2.36. The summed E-state index contributed by atoms with van der Waals surface area (Å²) in [5, 5.41) is 13.2. The van der Waals surface area contributed by atoms with Gasteiger partial charge in [0.1, 0.15) is 11.5 Å². The molecule has 0 bridgehead atoms. The monoisotopic (exact) mass is 493 g/mol. The lowest BCUT2D eigenvalue weighted by Gasteiger charge is -2.13. The Balaban J connectivity index is 1.74. The Morgan fingerprint density at radius 3 is 2.31 bits per heavy atom. The molecule has 2 N–H and O–H groups in total. The average Bonchev–Trinajstić information content (AvgIpc) is 2.66. The number of hydrogen-bond acceptors (Lipinski definition) is 4. The highest BCUT2D eigenvalue weighted by molar-refractivity contribution is 9.11. The third-order valence-corrected chi connectivity index (χ3v) is 6.09. The molecule has 0 spiro atoms. The second-order valence-electron chi connectivity index (χ2n) is 5.53. The number of ether oxygens (including phenoxy) is 1. The van der Waals surface area contributed by atoms with Gasteiger partial charge in [-0.05, 0) is 79.9 Å². The van der Waals surface area contributed by atoms with Gasteiger partial charge in [0, 0.05) is 22.0 Å². The largest absolute Gasteiger partial charge is 0.506 e. The minimum absolute atomic E-state index is 0.200. The minimum atomic E-state index is 0.200. The predicted octanol–water partition coefficient (Wildman–Crippen LogP) is 6.69. The SMILES string of the molecule is COc1ccc(Sc2ccccc2CNc2cc(Br)c(O)c(Br)c2)cc1. The molecule has 0 atom stereocenters. The van der Waals surface area contributed by atoms with Gasteiger partial charge in [0.15, 0.2) is 0 Å². The first-order valence-electron chi connectivity index (χ1n) is 7.88. The molecule has 3 aromatic rings. The minimum Gasteiger partial charge on any atom is -0.506 e. The van der Waals surface area contributed by atoms with E-state index in [1.165, 1.54) is 10.5 Å². The van der Waals surface area contributed by atoms with Gasteiger partial charge >= 0.3 is 0 Å². The van der Waals surface area contributed by atoms with Gasteiger partial charge in [-0.25, -0.2) is 0 Å². The van der Waals surface area contributed by atoms with Crippen LogP contribution in [0.4, 0.5) is 5.69 Å². The van der Waals surface area contributed by atoms with Gasteiger partial charge in [0.05, 0.1) is 16.1 Å².